The molecule has 0 aliphatic heterocycles. The fourth-order valence-electron chi connectivity index (χ4n) is 3.15. The van der Waals surface area contributed by atoms with Gasteiger partial charge >= 0.3 is 6.01 Å². The van der Waals surface area contributed by atoms with Crippen molar-refractivity contribution in [1.82, 2.24) is 15.0 Å². The Labute approximate surface area is 173 Å². The average molecular weight is 410 g/mol. The van der Waals surface area contributed by atoms with E-state index in [0.29, 0.717) is 34.3 Å². The second-order valence-corrected chi connectivity index (χ2v) is 7.33. The molecule has 29 heavy (non-hydrogen) atoms. The van der Waals surface area contributed by atoms with E-state index in [1.165, 1.54) is 0 Å². The molecule has 6 nitrogen and oxygen atoms in total. The third-order valence-corrected chi connectivity index (χ3v) is 4.78. The van der Waals surface area contributed by atoms with E-state index in [-0.39, 0.29) is 11.8 Å². The Bertz CT molecular complexity index is 1180. The molecule has 0 radical (unpaired) electrons. The number of hydrogen-bond donors (Lipinski definition) is 1. The second-order valence-electron chi connectivity index (χ2n) is 6.89. The van der Waals surface area contributed by atoms with Crippen LogP contribution in [0, 0.1) is 13.8 Å². The summed E-state index contributed by atoms with van der Waals surface area (Å²) < 4.78 is 11.7. The summed E-state index contributed by atoms with van der Waals surface area (Å²) in [5.41, 5.74) is 4.02. The van der Waals surface area contributed by atoms with Crippen LogP contribution in [0.15, 0.2) is 40.8 Å². The lowest BCUT2D eigenvalue weighted by Crippen LogP contribution is -1.98. The lowest BCUT2D eigenvalue weighted by molar-refractivity contribution is 0.438. The first-order chi connectivity index (χ1) is 13.9. The Hall–Kier alpha value is -3.12. The Morgan fingerprint density at radius 2 is 1.83 bits per heavy atom. The zero-order valence-corrected chi connectivity index (χ0v) is 17.1. The number of aromatic nitrogens is 3. The minimum Gasteiger partial charge on any atom is -0.507 e. The predicted octanol–water partition coefficient (Wildman–Crippen LogP) is 6.01. The maximum Gasteiger partial charge on any atom is 0.325 e. The van der Waals surface area contributed by atoms with Gasteiger partial charge < -0.3 is 14.3 Å². The number of phenols is 1. The van der Waals surface area contributed by atoms with E-state index in [4.69, 9.17) is 20.8 Å². The van der Waals surface area contributed by atoms with E-state index in [1.54, 1.807) is 24.3 Å². The predicted molar refractivity (Wildman–Crippen MR) is 112 cm³/mol. The fourth-order valence-corrected chi connectivity index (χ4v) is 3.33. The molecule has 4 rings (SSSR count). The van der Waals surface area contributed by atoms with Crippen molar-refractivity contribution in [3.05, 3.63) is 58.2 Å². The van der Waals surface area contributed by atoms with E-state index >= 15 is 0 Å². The van der Waals surface area contributed by atoms with Gasteiger partial charge in [-0.25, -0.2) is 4.98 Å². The Morgan fingerprint density at radius 1 is 1.07 bits per heavy atom. The number of oxazole rings is 1. The highest BCUT2D eigenvalue weighted by atomic mass is 35.5. The first-order valence-electron chi connectivity index (χ1n) is 9.36. The number of benzene rings is 2. The minimum atomic E-state index is 0.184. The minimum absolute atomic E-state index is 0.184. The highest BCUT2D eigenvalue weighted by molar-refractivity contribution is 6.30. The van der Waals surface area contributed by atoms with Gasteiger partial charge in [0.15, 0.2) is 5.52 Å². The molecule has 0 unspecified atom stereocenters. The molecule has 0 saturated carbocycles. The van der Waals surface area contributed by atoms with E-state index in [9.17, 15) is 5.11 Å². The van der Waals surface area contributed by atoms with Crippen LogP contribution in [-0.4, -0.2) is 20.1 Å². The Morgan fingerprint density at radius 3 is 2.52 bits per heavy atom. The van der Waals surface area contributed by atoms with Gasteiger partial charge in [0.25, 0.3) is 5.71 Å². The molecule has 0 amide bonds. The first-order valence-corrected chi connectivity index (χ1v) is 9.74. The molecule has 7 heteroatoms. The summed E-state index contributed by atoms with van der Waals surface area (Å²) >= 11 is 6.03. The molecule has 148 valence electrons. The van der Waals surface area contributed by atoms with Crippen molar-refractivity contribution >= 4 is 22.8 Å². The third kappa shape index (κ3) is 3.89. The number of ether oxygens (including phenoxy) is 1. The van der Waals surface area contributed by atoms with Crippen LogP contribution in [0.4, 0.5) is 0 Å². The molecule has 0 fully saturated rings. The first kappa shape index (κ1) is 19.2. The number of nitrogens with zero attached hydrogens (tertiary/aromatic N) is 3. The number of rotatable bonds is 5. The summed E-state index contributed by atoms with van der Waals surface area (Å²) in [7, 11) is 0. The quantitative estimate of drug-likeness (QED) is 0.435. The van der Waals surface area contributed by atoms with Gasteiger partial charge in [0.1, 0.15) is 11.5 Å². The Kier molecular flexibility index (Phi) is 5.11. The van der Waals surface area contributed by atoms with E-state index in [2.05, 4.69) is 21.9 Å². The topological polar surface area (TPSA) is 81.3 Å². The molecular formula is C22H20ClN3O3. The number of phenolic OH excluding ortho intramolecular Hbond substituents is 1. The lowest BCUT2D eigenvalue weighted by Gasteiger charge is -2.05. The number of aromatic hydroxyl groups is 1. The van der Waals surface area contributed by atoms with Gasteiger partial charge in [-0.05, 0) is 61.7 Å². The number of fused-ring (bicyclic) bond motifs is 1. The van der Waals surface area contributed by atoms with Crippen molar-refractivity contribution in [1.29, 1.82) is 0 Å². The molecule has 0 aliphatic rings. The van der Waals surface area contributed by atoms with Gasteiger partial charge in [-0.15, -0.1) is 0 Å². The molecular weight excluding hydrogens is 390 g/mol. The monoisotopic (exact) mass is 409 g/mol. The zero-order chi connectivity index (χ0) is 20.5. The SMILES string of the molecule is CCCc1nc(Oc2cccc(Cl)c2)nc2oc(-c3cc(C)c(O)c(C)c3)nc12. The molecule has 4 aromatic rings. The van der Waals surface area contributed by atoms with Crippen molar-refractivity contribution in [2.75, 3.05) is 0 Å². The highest BCUT2D eigenvalue weighted by Gasteiger charge is 2.18. The van der Waals surface area contributed by atoms with Gasteiger partial charge in [0, 0.05) is 10.6 Å². The van der Waals surface area contributed by atoms with Crippen LogP contribution < -0.4 is 4.74 Å². The van der Waals surface area contributed by atoms with Gasteiger partial charge in [0.05, 0.1) is 5.69 Å². The largest absolute Gasteiger partial charge is 0.507 e. The van der Waals surface area contributed by atoms with Crippen LogP contribution in [0.1, 0.15) is 30.2 Å². The van der Waals surface area contributed by atoms with Gasteiger partial charge in [0.2, 0.25) is 5.89 Å². The molecule has 2 heterocycles. The molecule has 0 saturated heterocycles. The van der Waals surface area contributed by atoms with E-state index in [0.717, 1.165) is 28.8 Å². The Balaban J connectivity index is 1.79. The average Bonchev–Trinajstić information content (AvgIpc) is 3.10. The maximum absolute atomic E-state index is 10.0. The summed E-state index contributed by atoms with van der Waals surface area (Å²) in [6, 6.07) is 10.9. The van der Waals surface area contributed by atoms with Crippen molar-refractivity contribution in [2.24, 2.45) is 0 Å². The molecule has 0 spiro atoms. The van der Waals surface area contributed by atoms with Crippen LogP contribution in [-0.2, 0) is 6.42 Å². The molecule has 0 atom stereocenters. The van der Waals surface area contributed by atoms with Crippen molar-refractivity contribution in [3.63, 3.8) is 0 Å². The second kappa shape index (κ2) is 7.72. The van der Waals surface area contributed by atoms with E-state index < -0.39 is 0 Å². The van der Waals surface area contributed by atoms with Crippen LogP contribution in [0.5, 0.6) is 17.5 Å². The third-order valence-electron chi connectivity index (χ3n) is 4.54. The summed E-state index contributed by atoms with van der Waals surface area (Å²) in [5, 5.41) is 10.6. The summed E-state index contributed by atoms with van der Waals surface area (Å²) in [4.78, 5) is 13.6. The molecule has 1 N–H and O–H groups in total. The zero-order valence-electron chi connectivity index (χ0n) is 16.4. The number of halogens is 1. The standard InChI is InChI=1S/C22H20ClN3O3/c1-4-6-17-18-21(26-22(24-17)28-16-8-5-7-15(23)11-16)29-20(25-18)14-9-12(2)19(27)13(3)10-14/h5,7-11,27H,4,6H2,1-3H3. The van der Waals surface area contributed by atoms with Crippen LogP contribution >= 0.6 is 11.6 Å². The van der Waals surface area contributed by atoms with Crippen molar-refractivity contribution in [2.45, 2.75) is 33.6 Å². The highest BCUT2D eigenvalue weighted by Crippen LogP contribution is 2.32. The summed E-state index contributed by atoms with van der Waals surface area (Å²) in [6.07, 6.45) is 1.60. The maximum atomic E-state index is 10.0. The van der Waals surface area contributed by atoms with Gasteiger partial charge in [-0.1, -0.05) is 31.0 Å². The summed E-state index contributed by atoms with van der Waals surface area (Å²) in [6.45, 7) is 5.75. The smallest absolute Gasteiger partial charge is 0.325 e. The van der Waals surface area contributed by atoms with Crippen molar-refractivity contribution in [3.8, 4) is 29.0 Å². The van der Waals surface area contributed by atoms with Gasteiger partial charge in [-0.3, -0.25) is 0 Å². The normalized spacial score (nSPS) is 11.2. The van der Waals surface area contributed by atoms with Crippen LogP contribution in [0.25, 0.3) is 22.7 Å². The van der Waals surface area contributed by atoms with Crippen LogP contribution in [0.2, 0.25) is 5.02 Å². The molecule has 2 aromatic heterocycles. The number of aryl methyl sites for hydroxylation is 3. The van der Waals surface area contributed by atoms with Gasteiger partial charge in [-0.2, -0.15) is 9.97 Å². The van der Waals surface area contributed by atoms with Crippen molar-refractivity contribution < 1.29 is 14.3 Å². The molecule has 2 aromatic carbocycles. The molecule has 0 bridgehead atoms. The van der Waals surface area contributed by atoms with E-state index in [1.807, 2.05) is 26.0 Å². The summed E-state index contributed by atoms with van der Waals surface area (Å²) in [5.74, 6) is 1.25. The van der Waals surface area contributed by atoms with Crippen LogP contribution in [0.3, 0.4) is 0 Å². The molecule has 0 aliphatic carbocycles. The number of hydrogen-bond acceptors (Lipinski definition) is 6. The lowest BCUT2D eigenvalue weighted by atomic mass is 10.1. The fraction of sp³-hybridized carbons (Fsp3) is 0.227.